The quantitative estimate of drug-likeness (QED) is 0.844. The zero-order valence-electron chi connectivity index (χ0n) is 13.8. The van der Waals surface area contributed by atoms with Gasteiger partial charge in [-0.1, -0.05) is 24.6 Å². The Morgan fingerprint density at radius 2 is 1.92 bits per heavy atom. The van der Waals surface area contributed by atoms with Crippen LogP contribution >= 0.6 is 0 Å². The number of aryl methyl sites for hydroxylation is 1. The van der Waals surface area contributed by atoms with Gasteiger partial charge in [0.1, 0.15) is 5.82 Å². The molecule has 0 aliphatic heterocycles. The topological polar surface area (TPSA) is 68.0 Å². The molecule has 1 amide bonds. The zero-order chi connectivity index (χ0) is 16.5. The third kappa shape index (κ3) is 3.20. The number of anilines is 1. The maximum atomic E-state index is 11.9. The minimum absolute atomic E-state index is 0.0903. The number of aromatic nitrogens is 1. The van der Waals surface area contributed by atoms with Crippen molar-refractivity contribution in [1.82, 2.24) is 4.98 Å². The summed E-state index contributed by atoms with van der Waals surface area (Å²) in [5.74, 6) is 0.910. The lowest BCUT2D eigenvalue weighted by Crippen LogP contribution is -2.14. The summed E-state index contributed by atoms with van der Waals surface area (Å²) < 4.78 is 0. The average molecular weight is 321 g/mol. The molecule has 4 nitrogen and oxygen atoms in total. The van der Waals surface area contributed by atoms with Crippen molar-refractivity contribution in [1.29, 1.82) is 0 Å². The van der Waals surface area contributed by atoms with E-state index in [4.69, 9.17) is 5.73 Å². The monoisotopic (exact) mass is 321 g/mol. The van der Waals surface area contributed by atoms with Crippen LogP contribution in [0.1, 0.15) is 49.3 Å². The van der Waals surface area contributed by atoms with Crippen LogP contribution in [0.4, 0.5) is 5.82 Å². The molecular weight excluding hydrogens is 298 g/mol. The van der Waals surface area contributed by atoms with Crippen molar-refractivity contribution in [3.63, 3.8) is 0 Å². The average Bonchev–Trinajstić information content (AvgIpc) is 3.43. The SMILES string of the molecule is NC1CCCCc2cc(-c3ccnc(NC(=O)C4CC4)c3)ccc21. The van der Waals surface area contributed by atoms with Crippen LogP contribution in [0.15, 0.2) is 36.5 Å². The number of nitrogens with one attached hydrogen (secondary N) is 1. The molecule has 0 bridgehead atoms. The first kappa shape index (κ1) is 15.3. The molecule has 1 unspecified atom stereocenters. The van der Waals surface area contributed by atoms with Crippen molar-refractivity contribution in [2.24, 2.45) is 11.7 Å². The van der Waals surface area contributed by atoms with Crippen LogP contribution < -0.4 is 11.1 Å². The molecule has 24 heavy (non-hydrogen) atoms. The number of nitrogens with zero attached hydrogens (tertiary/aromatic N) is 1. The van der Waals surface area contributed by atoms with Crippen LogP contribution in [0.5, 0.6) is 0 Å². The Hall–Kier alpha value is -2.20. The fourth-order valence-corrected chi connectivity index (χ4v) is 3.45. The molecular formula is C20H23N3O. The number of pyridine rings is 1. The summed E-state index contributed by atoms with van der Waals surface area (Å²) in [5.41, 5.74) is 11.2. The highest BCUT2D eigenvalue weighted by Crippen LogP contribution is 2.32. The van der Waals surface area contributed by atoms with Gasteiger partial charge in [0.15, 0.2) is 0 Å². The van der Waals surface area contributed by atoms with Crippen LogP contribution in [-0.2, 0) is 11.2 Å². The van der Waals surface area contributed by atoms with Gasteiger partial charge < -0.3 is 11.1 Å². The predicted octanol–water partition coefficient (Wildman–Crippen LogP) is 3.82. The molecule has 2 aliphatic carbocycles. The Balaban J connectivity index is 1.61. The summed E-state index contributed by atoms with van der Waals surface area (Å²) in [4.78, 5) is 16.2. The minimum Gasteiger partial charge on any atom is -0.324 e. The van der Waals surface area contributed by atoms with Crippen LogP contribution in [0.25, 0.3) is 11.1 Å². The van der Waals surface area contributed by atoms with E-state index in [0.29, 0.717) is 5.82 Å². The van der Waals surface area contributed by atoms with Gasteiger partial charge in [-0.2, -0.15) is 0 Å². The molecule has 1 fully saturated rings. The molecule has 4 heteroatoms. The number of hydrogen-bond donors (Lipinski definition) is 2. The highest BCUT2D eigenvalue weighted by Gasteiger charge is 2.29. The van der Waals surface area contributed by atoms with E-state index in [-0.39, 0.29) is 17.9 Å². The van der Waals surface area contributed by atoms with E-state index >= 15 is 0 Å². The largest absolute Gasteiger partial charge is 0.324 e. The van der Waals surface area contributed by atoms with Gasteiger partial charge in [0.05, 0.1) is 0 Å². The number of hydrogen-bond acceptors (Lipinski definition) is 3. The van der Waals surface area contributed by atoms with Gasteiger partial charge in [0, 0.05) is 18.2 Å². The molecule has 2 aliphatic rings. The second-order valence-corrected chi connectivity index (χ2v) is 6.96. The molecule has 0 spiro atoms. The van der Waals surface area contributed by atoms with Crippen LogP contribution in [0.2, 0.25) is 0 Å². The minimum atomic E-state index is 0.0903. The van der Waals surface area contributed by atoms with Crippen LogP contribution in [0.3, 0.4) is 0 Å². The fourth-order valence-electron chi connectivity index (χ4n) is 3.45. The van der Waals surface area contributed by atoms with Gasteiger partial charge in [-0.3, -0.25) is 4.79 Å². The van der Waals surface area contributed by atoms with Crippen molar-refractivity contribution in [2.75, 3.05) is 5.32 Å². The van der Waals surface area contributed by atoms with E-state index in [0.717, 1.165) is 36.8 Å². The third-order valence-corrected chi connectivity index (χ3v) is 5.05. The molecule has 1 aromatic heterocycles. The van der Waals surface area contributed by atoms with Crippen molar-refractivity contribution >= 4 is 11.7 Å². The van der Waals surface area contributed by atoms with Gasteiger partial charge in [-0.25, -0.2) is 4.98 Å². The first-order valence-corrected chi connectivity index (χ1v) is 8.86. The molecule has 4 rings (SSSR count). The summed E-state index contributed by atoms with van der Waals surface area (Å²) in [6.45, 7) is 0. The molecule has 2 aromatic rings. The Labute approximate surface area is 142 Å². The van der Waals surface area contributed by atoms with Crippen LogP contribution in [-0.4, -0.2) is 10.9 Å². The molecule has 1 aromatic carbocycles. The van der Waals surface area contributed by atoms with E-state index < -0.39 is 0 Å². The van der Waals surface area contributed by atoms with Crippen LogP contribution in [0, 0.1) is 5.92 Å². The smallest absolute Gasteiger partial charge is 0.228 e. The number of nitrogens with two attached hydrogens (primary N) is 1. The Morgan fingerprint density at radius 1 is 1.08 bits per heavy atom. The van der Waals surface area contributed by atoms with Gasteiger partial charge in [-0.15, -0.1) is 0 Å². The van der Waals surface area contributed by atoms with Crippen molar-refractivity contribution in [3.8, 4) is 11.1 Å². The molecule has 0 saturated heterocycles. The van der Waals surface area contributed by atoms with Gasteiger partial charge in [-0.05, 0) is 66.5 Å². The summed E-state index contributed by atoms with van der Waals surface area (Å²) in [5, 5.41) is 2.92. The Kier molecular flexibility index (Phi) is 4.07. The number of amides is 1. The van der Waals surface area contributed by atoms with Gasteiger partial charge in [0.25, 0.3) is 0 Å². The van der Waals surface area contributed by atoms with E-state index in [1.165, 1.54) is 24.0 Å². The number of carbonyl (C=O) groups excluding carboxylic acids is 1. The lowest BCUT2D eigenvalue weighted by molar-refractivity contribution is -0.117. The standard InChI is InChI=1S/C20H23N3O/c21-18-4-2-1-3-16-11-14(7-8-17(16)18)15-9-10-22-19(12-15)23-20(24)13-5-6-13/h7-13,18H,1-6,21H2,(H,22,23,24). The number of fused-ring (bicyclic) bond motifs is 1. The van der Waals surface area contributed by atoms with E-state index in [1.54, 1.807) is 6.20 Å². The van der Waals surface area contributed by atoms with Crippen molar-refractivity contribution in [3.05, 3.63) is 47.7 Å². The number of carbonyl (C=O) groups is 1. The first-order chi connectivity index (χ1) is 11.7. The summed E-state index contributed by atoms with van der Waals surface area (Å²) in [6, 6.07) is 10.7. The summed E-state index contributed by atoms with van der Waals surface area (Å²) >= 11 is 0. The number of benzene rings is 1. The van der Waals surface area contributed by atoms with Crippen molar-refractivity contribution in [2.45, 2.75) is 44.6 Å². The molecule has 1 saturated carbocycles. The van der Waals surface area contributed by atoms with E-state index in [2.05, 4.69) is 28.5 Å². The maximum absolute atomic E-state index is 11.9. The number of rotatable bonds is 3. The highest BCUT2D eigenvalue weighted by molar-refractivity contribution is 5.93. The van der Waals surface area contributed by atoms with Gasteiger partial charge in [0.2, 0.25) is 5.91 Å². The second-order valence-electron chi connectivity index (χ2n) is 6.96. The fraction of sp³-hybridized carbons (Fsp3) is 0.400. The maximum Gasteiger partial charge on any atom is 0.228 e. The highest BCUT2D eigenvalue weighted by atomic mass is 16.2. The molecule has 0 radical (unpaired) electrons. The zero-order valence-corrected chi connectivity index (χ0v) is 13.8. The lowest BCUT2D eigenvalue weighted by atomic mass is 9.95. The first-order valence-electron chi connectivity index (χ1n) is 8.86. The molecule has 1 heterocycles. The molecule has 3 N–H and O–H groups in total. The second kappa shape index (κ2) is 6.36. The molecule has 124 valence electrons. The van der Waals surface area contributed by atoms with E-state index in [9.17, 15) is 4.79 Å². The third-order valence-electron chi connectivity index (χ3n) is 5.05. The Morgan fingerprint density at radius 3 is 2.75 bits per heavy atom. The predicted molar refractivity (Wildman–Crippen MR) is 95.5 cm³/mol. The normalized spacial score (nSPS) is 20.1. The lowest BCUT2D eigenvalue weighted by Gasteiger charge is -2.14. The molecule has 1 atom stereocenters. The van der Waals surface area contributed by atoms with Crippen molar-refractivity contribution < 1.29 is 4.79 Å². The Bertz CT molecular complexity index is 767. The van der Waals surface area contributed by atoms with E-state index in [1.807, 2.05) is 12.1 Å². The van der Waals surface area contributed by atoms with Gasteiger partial charge >= 0.3 is 0 Å². The summed E-state index contributed by atoms with van der Waals surface area (Å²) in [7, 11) is 0. The summed E-state index contributed by atoms with van der Waals surface area (Å²) in [6.07, 6.45) is 8.30.